The molecule has 2 amide bonds. The van der Waals surface area contributed by atoms with E-state index in [-0.39, 0.29) is 17.1 Å². The fourth-order valence-corrected chi connectivity index (χ4v) is 3.26. The van der Waals surface area contributed by atoms with Crippen LogP contribution in [0.3, 0.4) is 0 Å². The number of benzene rings is 2. The molecule has 2 aromatic rings. The summed E-state index contributed by atoms with van der Waals surface area (Å²) in [4.78, 5) is 24.6. The van der Waals surface area contributed by atoms with Crippen LogP contribution in [0.25, 0.3) is 0 Å². The van der Waals surface area contributed by atoms with E-state index < -0.39 is 5.91 Å². The standard InChI is InChI=1S/C20H20ClN3O3S/c21-17-9-2-1-8-16(17)19(26)24-20(28)23-14-6-3-5-13(11-14)18(25)22-12-15-7-4-10-27-15/h1-3,5-6,8-9,11,15H,4,7,10,12H2,(H,22,25)(H2,23,24,26,28). The highest BCUT2D eigenvalue weighted by molar-refractivity contribution is 7.80. The summed E-state index contributed by atoms with van der Waals surface area (Å²) in [6.45, 7) is 1.24. The summed E-state index contributed by atoms with van der Waals surface area (Å²) in [7, 11) is 0. The van der Waals surface area contributed by atoms with Crippen molar-refractivity contribution in [1.82, 2.24) is 10.6 Å². The number of ether oxygens (including phenoxy) is 1. The molecular weight excluding hydrogens is 398 g/mol. The molecule has 0 aliphatic carbocycles. The van der Waals surface area contributed by atoms with Crippen LogP contribution < -0.4 is 16.0 Å². The molecule has 3 N–H and O–H groups in total. The lowest BCUT2D eigenvalue weighted by atomic mass is 10.1. The largest absolute Gasteiger partial charge is 0.376 e. The third kappa shape index (κ3) is 5.51. The molecule has 6 nitrogen and oxygen atoms in total. The number of carbonyl (C=O) groups excluding carboxylic acids is 2. The van der Waals surface area contributed by atoms with Crippen molar-refractivity contribution in [1.29, 1.82) is 0 Å². The Morgan fingerprint density at radius 3 is 2.71 bits per heavy atom. The summed E-state index contributed by atoms with van der Waals surface area (Å²) in [5.41, 5.74) is 1.41. The molecule has 1 saturated heterocycles. The fourth-order valence-electron chi connectivity index (χ4n) is 2.83. The van der Waals surface area contributed by atoms with Gasteiger partial charge in [-0.2, -0.15) is 0 Å². The second-order valence-corrected chi connectivity index (χ2v) is 7.13. The van der Waals surface area contributed by atoms with Crippen LogP contribution in [0.15, 0.2) is 48.5 Å². The highest BCUT2D eigenvalue weighted by atomic mass is 35.5. The summed E-state index contributed by atoms with van der Waals surface area (Å²) < 4.78 is 5.50. The van der Waals surface area contributed by atoms with Gasteiger partial charge < -0.3 is 15.4 Å². The number of amides is 2. The van der Waals surface area contributed by atoms with Crippen molar-refractivity contribution < 1.29 is 14.3 Å². The lowest BCUT2D eigenvalue weighted by Crippen LogP contribution is -2.34. The highest BCUT2D eigenvalue weighted by Crippen LogP contribution is 2.15. The Morgan fingerprint density at radius 1 is 1.14 bits per heavy atom. The van der Waals surface area contributed by atoms with Gasteiger partial charge in [-0.15, -0.1) is 0 Å². The van der Waals surface area contributed by atoms with Crippen molar-refractivity contribution in [2.75, 3.05) is 18.5 Å². The van der Waals surface area contributed by atoms with Crippen LogP contribution in [0.2, 0.25) is 5.02 Å². The molecule has 0 saturated carbocycles. The Kier molecular flexibility index (Phi) is 6.97. The molecule has 1 aliphatic rings. The summed E-state index contributed by atoms with van der Waals surface area (Å²) in [5, 5.41) is 8.81. The Balaban J connectivity index is 1.56. The Labute approximate surface area is 173 Å². The van der Waals surface area contributed by atoms with Gasteiger partial charge in [-0.1, -0.05) is 29.8 Å². The van der Waals surface area contributed by atoms with E-state index >= 15 is 0 Å². The Bertz CT molecular complexity index is 885. The molecule has 3 rings (SSSR count). The van der Waals surface area contributed by atoms with E-state index in [2.05, 4.69) is 16.0 Å². The topological polar surface area (TPSA) is 79.5 Å². The molecule has 0 aromatic heterocycles. The van der Waals surface area contributed by atoms with Crippen LogP contribution in [0.1, 0.15) is 33.6 Å². The number of nitrogens with one attached hydrogen (secondary N) is 3. The quantitative estimate of drug-likeness (QED) is 0.650. The lowest BCUT2D eigenvalue weighted by Gasteiger charge is -2.13. The molecule has 1 atom stereocenters. The maximum Gasteiger partial charge on any atom is 0.258 e. The molecule has 8 heteroatoms. The minimum Gasteiger partial charge on any atom is -0.376 e. The van der Waals surface area contributed by atoms with E-state index in [1.165, 1.54) is 0 Å². The summed E-state index contributed by atoms with van der Waals surface area (Å²) in [6, 6.07) is 13.6. The van der Waals surface area contributed by atoms with Crippen LogP contribution in [0, 0.1) is 0 Å². The van der Waals surface area contributed by atoms with Gasteiger partial charge in [-0.3, -0.25) is 14.9 Å². The average molecular weight is 418 g/mol. The predicted octanol–water partition coefficient (Wildman–Crippen LogP) is 3.38. The minimum absolute atomic E-state index is 0.0814. The maximum atomic E-state index is 12.3. The van der Waals surface area contributed by atoms with Crippen LogP contribution in [0.5, 0.6) is 0 Å². The molecule has 1 unspecified atom stereocenters. The van der Waals surface area contributed by atoms with Crippen LogP contribution in [0.4, 0.5) is 5.69 Å². The SMILES string of the molecule is O=C(NCC1CCCO1)c1cccc(NC(=S)NC(=O)c2ccccc2Cl)c1. The zero-order valence-electron chi connectivity index (χ0n) is 15.0. The van der Waals surface area contributed by atoms with Gasteiger partial charge in [-0.25, -0.2) is 0 Å². The first-order chi connectivity index (χ1) is 13.5. The molecule has 2 aromatic carbocycles. The summed E-state index contributed by atoms with van der Waals surface area (Å²) in [5.74, 6) is -0.598. The van der Waals surface area contributed by atoms with Crippen LogP contribution >= 0.6 is 23.8 Å². The smallest absolute Gasteiger partial charge is 0.258 e. The number of thiocarbonyl (C=S) groups is 1. The Morgan fingerprint density at radius 2 is 1.96 bits per heavy atom. The lowest BCUT2D eigenvalue weighted by molar-refractivity contribution is 0.0857. The number of carbonyl (C=O) groups is 2. The second kappa shape index (κ2) is 9.64. The normalized spacial score (nSPS) is 15.7. The predicted molar refractivity (Wildman–Crippen MR) is 113 cm³/mol. The number of hydrogen-bond donors (Lipinski definition) is 3. The van der Waals surface area contributed by atoms with Crippen molar-refractivity contribution in [3.8, 4) is 0 Å². The van der Waals surface area contributed by atoms with E-state index in [1.807, 2.05) is 0 Å². The third-order valence-electron chi connectivity index (χ3n) is 4.24. The van der Waals surface area contributed by atoms with Gasteiger partial charge in [0.2, 0.25) is 0 Å². The molecule has 28 heavy (non-hydrogen) atoms. The number of rotatable bonds is 5. The van der Waals surface area contributed by atoms with Crippen LogP contribution in [-0.2, 0) is 4.74 Å². The van der Waals surface area contributed by atoms with Crippen LogP contribution in [-0.4, -0.2) is 36.2 Å². The van der Waals surface area contributed by atoms with Gasteiger partial charge in [0.05, 0.1) is 16.7 Å². The van der Waals surface area contributed by atoms with Crippen molar-refractivity contribution in [2.45, 2.75) is 18.9 Å². The zero-order valence-corrected chi connectivity index (χ0v) is 16.6. The van der Waals surface area contributed by atoms with E-state index in [0.717, 1.165) is 19.4 Å². The molecule has 146 valence electrons. The third-order valence-corrected chi connectivity index (χ3v) is 4.78. The monoisotopic (exact) mass is 417 g/mol. The van der Waals surface area contributed by atoms with Gasteiger partial charge in [0, 0.05) is 24.4 Å². The minimum atomic E-state index is -0.409. The number of halogens is 1. The number of hydrogen-bond acceptors (Lipinski definition) is 4. The van der Waals surface area contributed by atoms with Gasteiger partial charge in [-0.05, 0) is 55.4 Å². The van der Waals surface area contributed by atoms with Crippen molar-refractivity contribution in [3.05, 3.63) is 64.7 Å². The fraction of sp³-hybridized carbons (Fsp3) is 0.250. The van der Waals surface area contributed by atoms with Gasteiger partial charge in [0.25, 0.3) is 11.8 Å². The molecule has 1 heterocycles. The first kappa shape index (κ1) is 20.3. The van der Waals surface area contributed by atoms with Gasteiger partial charge >= 0.3 is 0 Å². The maximum absolute atomic E-state index is 12.3. The van der Waals surface area contributed by atoms with Gasteiger partial charge in [0.1, 0.15) is 0 Å². The van der Waals surface area contributed by atoms with Crippen molar-refractivity contribution in [3.63, 3.8) is 0 Å². The molecule has 0 bridgehead atoms. The molecule has 0 radical (unpaired) electrons. The van der Waals surface area contributed by atoms with Gasteiger partial charge in [0.15, 0.2) is 5.11 Å². The first-order valence-corrected chi connectivity index (χ1v) is 9.68. The van der Waals surface area contributed by atoms with E-state index in [9.17, 15) is 9.59 Å². The molecule has 1 aliphatic heterocycles. The Hall–Kier alpha value is -2.48. The molecule has 0 spiro atoms. The summed E-state index contributed by atoms with van der Waals surface area (Å²) >= 11 is 11.2. The zero-order chi connectivity index (χ0) is 19.9. The van der Waals surface area contributed by atoms with E-state index in [1.54, 1.807) is 48.5 Å². The summed E-state index contributed by atoms with van der Waals surface area (Å²) in [6.07, 6.45) is 2.07. The van der Waals surface area contributed by atoms with E-state index in [0.29, 0.717) is 28.4 Å². The average Bonchev–Trinajstić information content (AvgIpc) is 3.20. The van der Waals surface area contributed by atoms with Crippen molar-refractivity contribution >= 4 is 46.4 Å². The first-order valence-electron chi connectivity index (χ1n) is 8.89. The highest BCUT2D eigenvalue weighted by Gasteiger charge is 2.17. The molecule has 1 fully saturated rings. The second-order valence-electron chi connectivity index (χ2n) is 6.31. The molecular formula is C20H20ClN3O3S. The number of anilines is 1. The van der Waals surface area contributed by atoms with E-state index in [4.69, 9.17) is 28.6 Å². The van der Waals surface area contributed by atoms with Crippen molar-refractivity contribution in [2.24, 2.45) is 0 Å².